The Labute approximate surface area is 189 Å². The van der Waals surface area contributed by atoms with Crippen LogP contribution in [0, 0.1) is 11.8 Å². The summed E-state index contributed by atoms with van der Waals surface area (Å²) in [6.45, 7) is 1.10. The maximum Gasteiger partial charge on any atom is 0.425 e. The van der Waals surface area contributed by atoms with Gasteiger partial charge >= 0.3 is 24.5 Å². The summed E-state index contributed by atoms with van der Waals surface area (Å²) in [5, 5.41) is 20.8. The van der Waals surface area contributed by atoms with E-state index in [1.807, 2.05) is 0 Å². The molecule has 206 valence electrons. The Hall–Kier alpha value is -2.30. The van der Waals surface area contributed by atoms with Gasteiger partial charge in [0.05, 0.1) is 5.54 Å². The molecule has 18 heteroatoms. The molecule has 0 aromatic heterocycles. The molecule has 6 atom stereocenters. The predicted octanol–water partition coefficient (Wildman–Crippen LogP) is 5.53. The molecule has 1 fully saturated rings. The van der Waals surface area contributed by atoms with Crippen LogP contribution >= 0.6 is 0 Å². The normalized spacial score (nSPS) is 28.2. The summed E-state index contributed by atoms with van der Waals surface area (Å²) < 4.78 is 160. The van der Waals surface area contributed by atoms with E-state index in [1.54, 1.807) is 5.32 Å². The van der Waals surface area contributed by atoms with Crippen molar-refractivity contribution in [3.63, 3.8) is 0 Å². The van der Waals surface area contributed by atoms with Crippen molar-refractivity contribution in [2.24, 2.45) is 11.8 Å². The van der Waals surface area contributed by atoms with E-state index in [0.29, 0.717) is 0 Å². The third kappa shape index (κ3) is 7.35. The smallest absolute Gasteiger partial charge is 0.425 e. The van der Waals surface area contributed by atoms with Crippen LogP contribution in [0.3, 0.4) is 0 Å². The van der Waals surface area contributed by atoms with E-state index in [9.17, 15) is 62.3 Å². The second-order valence-electron chi connectivity index (χ2n) is 8.40. The summed E-state index contributed by atoms with van der Waals surface area (Å²) in [5.41, 5.74) is -3.22. The molecule has 1 aliphatic carbocycles. The predicted molar refractivity (Wildman–Crippen MR) is 91.8 cm³/mol. The second-order valence-corrected chi connectivity index (χ2v) is 8.40. The quantitative estimate of drug-likeness (QED) is 0.302. The van der Waals surface area contributed by atoms with Crippen LogP contribution in [0.25, 0.3) is 0 Å². The van der Waals surface area contributed by atoms with Gasteiger partial charge in [-0.15, -0.1) is 0 Å². The number of halogens is 12. The van der Waals surface area contributed by atoms with Crippen LogP contribution in [-0.2, 0) is 0 Å². The molecule has 1 rings (SSSR count). The average molecular weight is 544 g/mol. The zero-order valence-electron chi connectivity index (χ0n) is 17.5. The summed E-state index contributed by atoms with van der Waals surface area (Å²) in [6.07, 6.45) is -33.1. The minimum absolute atomic E-state index is 0.523. The second kappa shape index (κ2) is 9.99. The number of nitrogens with one attached hydrogen (secondary N) is 2. The summed E-state index contributed by atoms with van der Waals surface area (Å²) in [7, 11) is 0. The standard InChI is InChI=1S/C17H20F12N2O4/c1-6-2-3-13(31-12(34)35,5-15(22,23)10(19)17(27,28)29)7(8(6)30-11(32)33)4-14(20,21)9(18)16(24,25)26/h6-10,30-31H,2-5H2,1H3,(H,32,33)(H,34,35). The first-order valence-corrected chi connectivity index (χ1v) is 9.64. The van der Waals surface area contributed by atoms with Gasteiger partial charge in [0, 0.05) is 24.8 Å². The minimum Gasteiger partial charge on any atom is -0.465 e. The first-order chi connectivity index (χ1) is 15.5. The highest BCUT2D eigenvalue weighted by molar-refractivity contribution is 5.66. The van der Waals surface area contributed by atoms with Crippen molar-refractivity contribution in [3.8, 4) is 0 Å². The molecular weight excluding hydrogens is 524 g/mol. The van der Waals surface area contributed by atoms with Crippen LogP contribution < -0.4 is 10.6 Å². The van der Waals surface area contributed by atoms with Crippen LogP contribution in [0.4, 0.5) is 62.3 Å². The highest BCUT2D eigenvalue weighted by atomic mass is 19.4. The van der Waals surface area contributed by atoms with E-state index in [-0.39, 0.29) is 0 Å². The summed E-state index contributed by atoms with van der Waals surface area (Å²) in [5.74, 6) is -14.8. The van der Waals surface area contributed by atoms with Gasteiger partial charge < -0.3 is 20.8 Å². The Bertz CT molecular complexity index is 775. The number of amides is 2. The van der Waals surface area contributed by atoms with Gasteiger partial charge in [-0.2, -0.15) is 26.3 Å². The molecule has 0 spiro atoms. The molecule has 4 N–H and O–H groups in total. The molecule has 6 nitrogen and oxygen atoms in total. The molecule has 6 unspecified atom stereocenters. The highest BCUT2D eigenvalue weighted by Gasteiger charge is 2.65. The highest BCUT2D eigenvalue weighted by Crippen LogP contribution is 2.51. The molecule has 0 saturated heterocycles. The fourth-order valence-corrected chi connectivity index (χ4v) is 4.32. The number of hydrogen-bond donors (Lipinski definition) is 4. The molecular formula is C17H20F12N2O4. The Morgan fingerprint density at radius 1 is 0.886 bits per heavy atom. The third-order valence-electron chi connectivity index (χ3n) is 5.81. The van der Waals surface area contributed by atoms with Gasteiger partial charge in [0.2, 0.25) is 0 Å². The van der Waals surface area contributed by atoms with Gasteiger partial charge in [-0.25, -0.2) is 35.9 Å². The number of carboxylic acid groups (broad SMARTS) is 2. The maximum atomic E-state index is 14.3. The SMILES string of the molecule is CC1CCC(CC(F)(F)C(F)C(F)(F)F)(NC(=O)O)C(CC(F)(F)C(F)C(F)(F)F)C1NC(=O)O. The lowest BCUT2D eigenvalue weighted by molar-refractivity contribution is -0.259. The molecule has 0 aromatic rings. The van der Waals surface area contributed by atoms with Gasteiger partial charge in [-0.05, 0) is 18.8 Å². The minimum atomic E-state index is -6.21. The molecule has 1 aliphatic rings. The van der Waals surface area contributed by atoms with Gasteiger partial charge in [-0.1, -0.05) is 6.92 Å². The number of alkyl halides is 12. The fourth-order valence-electron chi connectivity index (χ4n) is 4.32. The largest absolute Gasteiger partial charge is 0.465 e. The molecule has 1 saturated carbocycles. The Morgan fingerprint density at radius 3 is 1.74 bits per heavy atom. The van der Waals surface area contributed by atoms with E-state index >= 15 is 0 Å². The van der Waals surface area contributed by atoms with Crippen molar-refractivity contribution in [2.75, 3.05) is 0 Å². The molecule has 0 heterocycles. The number of hydrogen-bond acceptors (Lipinski definition) is 2. The first kappa shape index (κ1) is 30.7. The Balaban J connectivity index is 3.71. The lowest BCUT2D eigenvalue weighted by atomic mass is 9.61. The van der Waals surface area contributed by atoms with Crippen LogP contribution in [-0.4, -0.2) is 70.5 Å². The number of carbonyl (C=O) groups is 2. The molecule has 0 aliphatic heterocycles. The summed E-state index contributed by atoms with van der Waals surface area (Å²) in [4.78, 5) is 22.4. The zero-order valence-corrected chi connectivity index (χ0v) is 17.5. The Kier molecular flexibility index (Phi) is 8.77. The van der Waals surface area contributed by atoms with Crippen LogP contribution in [0.2, 0.25) is 0 Å². The lowest BCUT2D eigenvalue weighted by Gasteiger charge is -2.52. The van der Waals surface area contributed by atoms with Crippen LogP contribution in [0.1, 0.15) is 32.6 Å². The van der Waals surface area contributed by atoms with E-state index in [1.165, 1.54) is 5.32 Å². The third-order valence-corrected chi connectivity index (χ3v) is 5.81. The fraction of sp³-hybridized carbons (Fsp3) is 0.882. The maximum absolute atomic E-state index is 14.3. The lowest BCUT2D eigenvalue weighted by Crippen LogP contribution is -2.67. The van der Waals surface area contributed by atoms with Gasteiger partial charge in [-0.3, -0.25) is 0 Å². The molecule has 35 heavy (non-hydrogen) atoms. The van der Waals surface area contributed by atoms with Gasteiger partial charge in [0.15, 0.2) is 0 Å². The molecule has 0 radical (unpaired) electrons. The first-order valence-electron chi connectivity index (χ1n) is 9.64. The van der Waals surface area contributed by atoms with Crippen molar-refractivity contribution < 1.29 is 72.5 Å². The van der Waals surface area contributed by atoms with E-state index in [4.69, 9.17) is 10.2 Å². The summed E-state index contributed by atoms with van der Waals surface area (Å²) >= 11 is 0. The summed E-state index contributed by atoms with van der Waals surface area (Å²) in [6, 6.07) is -2.07. The topological polar surface area (TPSA) is 98.7 Å². The Morgan fingerprint density at radius 2 is 1.34 bits per heavy atom. The molecule has 0 bridgehead atoms. The van der Waals surface area contributed by atoms with Crippen LogP contribution in [0.15, 0.2) is 0 Å². The van der Waals surface area contributed by atoms with Crippen molar-refractivity contribution in [1.29, 1.82) is 0 Å². The van der Waals surface area contributed by atoms with Gasteiger partial charge in [0.1, 0.15) is 0 Å². The monoisotopic (exact) mass is 544 g/mol. The van der Waals surface area contributed by atoms with Crippen molar-refractivity contribution in [1.82, 2.24) is 10.6 Å². The molecule has 0 aromatic carbocycles. The molecule has 2 amide bonds. The van der Waals surface area contributed by atoms with E-state index < -0.39 is 97.8 Å². The van der Waals surface area contributed by atoms with E-state index in [2.05, 4.69) is 0 Å². The van der Waals surface area contributed by atoms with Crippen molar-refractivity contribution in [3.05, 3.63) is 0 Å². The van der Waals surface area contributed by atoms with Crippen molar-refractivity contribution >= 4 is 12.2 Å². The van der Waals surface area contributed by atoms with E-state index in [0.717, 1.165) is 6.92 Å². The van der Waals surface area contributed by atoms with Crippen molar-refractivity contribution in [2.45, 2.75) is 80.7 Å². The average Bonchev–Trinajstić information content (AvgIpc) is 2.63. The number of rotatable bonds is 8. The van der Waals surface area contributed by atoms with Gasteiger partial charge in [0.25, 0.3) is 24.2 Å². The van der Waals surface area contributed by atoms with Crippen LogP contribution in [0.5, 0.6) is 0 Å². The zero-order chi connectivity index (χ0) is 27.8.